The Morgan fingerprint density at radius 2 is 1.93 bits per heavy atom. The summed E-state index contributed by atoms with van der Waals surface area (Å²) in [7, 11) is 0. The van der Waals surface area contributed by atoms with Gasteiger partial charge in [-0.2, -0.15) is 0 Å². The highest BCUT2D eigenvalue weighted by Gasteiger charge is 2.39. The van der Waals surface area contributed by atoms with Crippen molar-refractivity contribution in [3.05, 3.63) is 0 Å². The average molecular weight is 310 g/mol. The van der Waals surface area contributed by atoms with E-state index in [0.717, 1.165) is 4.43 Å². The number of ether oxygens (including phenoxy) is 1. The maximum Gasteiger partial charge on any atom is 0.0771 e. The van der Waals surface area contributed by atoms with Crippen molar-refractivity contribution in [1.29, 1.82) is 0 Å². The largest absolute Gasteiger partial charge is 0.371 e. The lowest BCUT2D eigenvalue weighted by molar-refractivity contribution is -0.181. The van der Waals surface area contributed by atoms with Crippen molar-refractivity contribution in [2.75, 3.05) is 4.43 Å². The SMILES string of the molecule is CCCCCCC[C@H]1C[C@@](C)(CI)O1. The van der Waals surface area contributed by atoms with Crippen LogP contribution < -0.4 is 0 Å². The molecule has 1 fully saturated rings. The lowest BCUT2D eigenvalue weighted by atomic mass is 9.90. The number of alkyl halides is 1. The molecule has 2 heteroatoms. The highest BCUT2D eigenvalue weighted by molar-refractivity contribution is 14.1. The van der Waals surface area contributed by atoms with Crippen LogP contribution in [0.2, 0.25) is 0 Å². The van der Waals surface area contributed by atoms with Crippen LogP contribution in [0.5, 0.6) is 0 Å². The number of rotatable bonds is 7. The van der Waals surface area contributed by atoms with Crippen LogP contribution in [0.1, 0.15) is 58.8 Å². The van der Waals surface area contributed by atoms with Crippen molar-refractivity contribution in [2.45, 2.75) is 70.5 Å². The molecular weight excluding hydrogens is 287 g/mol. The summed E-state index contributed by atoms with van der Waals surface area (Å²) < 4.78 is 7.01. The Morgan fingerprint density at radius 3 is 2.50 bits per heavy atom. The van der Waals surface area contributed by atoms with Crippen LogP contribution in [0.4, 0.5) is 0 Å². The molecule has 0 unspecified atom stereocenters. The van der Waals surface area contributed by atoms with Crippen LogP contribution in [0.25, 0.3) is 0 Å². The van der Waals surface area contributed by atoms with Gasteiger partial charge in [-0.15, -0.1) is 0 Å². The lowest BCUT2D eigenvalue weighted by Gasteiger charge is -2.44. The third-order valence-corrected chi connectivity index (χ3v) is 4.64. The van der Waals surface area contributed by atoms with E-state index >= 15 is 0 Å². The fraction of sp³-hybridized carbons (Fsp3) is 1.00. The Balaban J connectivity index is 1.91. The number of halogens is 1. The molecule has 0 aromatic heterocycles. The van der Waals surface area contributed by atoms with E-state index in [1.165, 1.54) is 44.9 Å². The molecule has 1 nitrogen and oxygen atoms in total. The van der Waals surface area contributed by atoms with E-state index in [1.54, 1.807) is 0 Å². The monoisotopic (exact) mass is 310 g/mol. The number of hydrogen-bond donors (Lipinski definition) is 0. The molecule has 0 spiro atoms. The number of hydrogen-bond acceptors (Lipinski definition) is 1. The summed E-state index contributed by atoms with van der Waals surface area (Å²) in [6.45, 7) is 4.49. The van der Waals surface area contributed by atoms with Crippen LogP contribution in [0.3, 0.4) is 0 Å². The molecule has 1 saturated heterocycles. The molecule has 0 N–H and O–H groups in total. The zero-order valence-electron chi connectivity index (χ0n) is 9.52. The van der Waals surface area contributed by atoms with Crippen LogP contribution >= 0.6 is 22.6 Å². The van der Waals surface area contributed by atoms with Gasteiger partial charge in [0.25, 0.3) is 0 Å². The second-order valence-electron chi connectivity index (χ2n) is 4.73. The maximum absolute atomic E-state index is 5.87. The molecule has 0 radical (unpaired) electrons. The summed E-state index contributed by atoms with van der Waals surface area (Å²) in [6.07, 6.45) is 10.1. The van der Waals surface area contributed by atoms with Crippen molar-refractivity contribution < 1.29 is 4.74 Å². The molecule has 2 atom stereocenters. The predicted molar refractivity (Wildman–Crippen MR) is 70.2 cm³/mol. The molecule has 0 aromatic rings. The molecule has 1 aliphatic rings. The van der Waals surface area contributed by atoms with E-state index in [2.05, 4.69) is 36.4 Å². The zero-order valence-corrected chi connectivity index (χ0v) is 11.7. The predicted octanol–water partition coefficient (Wildman–Crippen LogP) is 4.33. The minimum Gasteiger partial charge on any atom is -0.371 e. The average Bonchev–Trinajstić information content (AvgIpc) is 2.14. The fourth-order valence-corrected chi connectivity index (χ4v) is 2.59. The topological polar surface area (TPSA) is 9.23 Å². The summed E-state index contributed by atoms with van der Waals surface area (Å²) >= 11 is 2.42. The molecule has 0 amide bonds. The highest BCUT2D eigenvalue weighted by Crippen LogP contribution is 2.36. The van der Waals surface area contributed by atoms with E-state index in [4.69, 9.17) is 4.74 Å². The Hall–Kier alpha value is 0.690. The summed E-state index contributed by atoms with van der Waals surface area (Å²) in [5.41, 5.74) is 0.217. The van der Waals surface area contributed by atoms with Crippen molar-refractivity contribution in [3.8, 4) is 0 Å². The van der Waals surface area contributed by atoms with Gasteiger partial charge in [-0.3, -0.25) is 0 Å². The molecule has 1 rings (SSSR count). The molecule has 14 heavy (non-hydrogen) atoms. The third-order valence-electron chi connectivity index (χ3n) is 3.02. The Bertz CT molecular complexity index is 152. The highest BCUT2D eigenvalue weighted by atomic mass is 127. The minimum absolute atomic E-state index is 0.217. The first-order chi connectivity index (χ1) is 6.70. The summed E-state index contributed by atoms with van der Waals surface area (Å²) in [4.78, 5) is 0. The Kier molecular flexibility index (Phi) is 5.75. The quantitative estimate of drug-likeness (QED) is 0.386. The Morgan fingerprint density at radius 1 is 1.29 bits per heavy atom. The smallest absolute Gasteiger partial charge is 0.0771 e. The second-order valence-corrected chi connectivity index (χ2v) is 5.49. The van der Waals surface area contributed by atoms with Gasteiger partial charge in [0.15, 0.2) is 0 Å². The van der Waals surface area contributed by atoms with Crippen molar-refractivity contribution in [2.24, 2.45) is 0 Å². The first-order valence-corrected chi connectivity index (χ1v) is 7.46. The number of unbranched alkanes of at least 4 members (excludes halogenated alkanes) is 4. The van der Waals surface area contributed by atoms with E-state index in [1.807, 2.05) is 0 Å². The van der Waals surface area contributed by atoms with Gasteiger partial charge in [-0.1, -0.05) is 61.6 Å². The molecule has 84 valence electrons. The van der Waals surface area contributed by atoms with Crippen molar-refractivity contribution in [3.63, 3.8) is 0 Å². The summed E-state index contributed by atoms with van der Waals surface area (Å²) in [6, 6.07) is 0. The van der Waals surface area contributed by atoms with Crippen LogP contribution in [-0.2, 0) is 4.74 Å². The maximum atomic E-state index is 5.87. The van der Waals surface area contributed by atoms with E-state index in [9.17, 15) is 0 Å². The molecular formula is C12H23IO. The van der Waals surface area contributed by atoms with Crippen molar-refractivity contribution in [1.82, 2.24) is 0 Å². The minimum atomic E-state index is 0.217. The van der Waals surface area contributed by atoms with Gasteiger partial charge in [0.05, 0.1) is 11.7 Å². The molecule has 1 heterocycles. The lowest BCUT2D eigenvalue weighted by Crippen LogP contribution is -2.49. The second kappa shape index (κ2) is 6.31. The summed E-state index contributed by atoms with van der Waals surface area (Å²) in [5.74, 6) is 0. The van der Waals surface area contributed by atoms with E-state index in [-0.39, 0.29) is 5.60 Å². The molecule has 0 saturated carbocycles. The fourth-order valence-electron chi connectivity index (χ4n) is 2.10. The van der Waals surface area contributed by atoms with E-state index in [0.29, 0.717) is 6.10 Å². The molecule has 0 aliphatic carbocycles. The molecule has 0 aromatic carbocycles. The van der Waals surface area contributed by atoms with Gasteiger partial charge < -0.3 is 4.74 Å². The normalized spacial score (nSPS) is 31.5. The van der Waals surface area contributed by atoms with Crippen molar-refractivity contribution >= 4 is 22.6 Å². The molecule has 0 bridgehead atoms. The van der Waals surface area contributed by atoms with E-state index < -0.39 is 0 Å². The Labute approximate surface area is 102 Å². The van der Waals surface area contributed by atoms with Crippen LogP contribution in [-0.4, -0.2) is 16.1 Å². The first-order valence-electron chi connectivity index (χ1n) is 5.94. The van der Waals surface area contributed by atoms with Gasteiger partial charge in [0, 0.05) is 10.8 Å². The van der Waals surface area contributed by atoms with Gasteiger partial charge in [-0.25, -0.2) is 0 Å². The standard InChI is InChI=1S/C12H23IO/c1-3-4-5-6-7-8-11-9-12(2,10-13)14-11/h11H,3-10H2,1-2H3/t11-,12-/m0/s1. The zero-order chi connectivity index (χ0) is 10.4. The van der Waals surface area contributed by atoms with Crippen LogP contribution in [0.15, 0.2) is 0 Å². The van der Waals surface area contributed by atoms with Gasteiger partial charge in [-0.05, 0) is 13.3 Å². The van der Waals surface area contributed by atoms with Gasteiger partial charge in [0.2, 0.25) is 0 Å². The first kappa shape index (κ1) is 12.8. The van der Waals surface area contributed by atoms with Gasteiger partial charge >= 0.3 is 0 Å². The molecule has 1 aliphatic heterocycles. The van der Waals surface area contributed by atoms with Crippen LogP contribution in [0, 0.1) is 0 Å². The van der Waals surface area contributed by atoms with Gasteiger partial charge in [0.1, 0.15) is 0 Å². The summed E-state index contributed by atoms with van der Waals surface area (Å²) in [5, 5.41) is 0. The third kappa shape index (κ3) is 4.05.